The van der Waals surface area contributed by atoms with Gasteiger partial charge in [0, 0.05) is 18.6 Å². The second-order valence-corrected chi connectivity index (χ2v) is 6.80. The fourth-order valence-electron chi connectivity index (χ4n) is 3.49. The Morgan fingerprint density at radius 2 is 1.81 bits per heavy atom. The molecule has 1 aromatic rings. The SMILES string of the molecule is CC(CN1CCCCC1)NC(c1ccc(F)cc1)C1CC1. The molecule has 116 valence electrons. The van der Waals surface area contributed by atoms with Crippen molar-refractivity contribution in [3.63, 3.8) is 0 Å². The van der Waals surface area contributed by atoms with Crippen molar-refractivity contribution in [1.82, 2.24) is 10.2 Å². The lowest BCUT2D eigenvalue weighted by Crippen LogP contribution is -2.43. The molecule has 21 heavy (non-hydrogen) atoms. The molecule has 0 aromatic heterocycles. The third-order valence-electron chi connectivity index (χ3n) is 4.77. The Kier molecular flexibility index (Phi) is 4.91. The minimum absolute atomic E-state index is 0.144. The molecule has 2 atom stereocenters. The third kappa shape index (κ3) is 4.27. The first-order valence-electron chi connectivity index (χ1n) is 8.46. The maximum atomic E-state index is 13.1. The molecule has 2 nitrogen and oxygen atoms in total. The molecule has 0 spiro atoms. The Morgan fingerprint density at radius 1 is 1.14 bits per heavy atom. The quantitative estimate of drug-likeness (QED) is 0.858. The van der Waals surface area contributed by atoms with E-state index in [4.69, 9.17) is 0 Å². The van der Waals surface area contributed by atoms with Gasteiger partial charge in [-0.05, 0) is 69.3 Å². The van der Waals surface area contributed by atoms with E-state index < -0.39 is 0 Å². The molecule has 0 amide bonds. The second-order valence-electron chi connectivity index (χ2n) is 6.80. The fourth-order valence-corrected chi connectivity index (χ4v) is 3.49. The van der Waals surface area contributed by atoms with Crippen molar-refractivity contribution in [3.05, 3.63) is 35.6 Å². The van der Waals surface area contributed by atoms with Gasteiger partial charge in [-0.2, -0.15) is 0 Å². The monoisotopic (exact) mass is 290 g/mol. The summed E-state index contributed by atoms with van der Waals surface area (Å²) in [4.78, 5) is 2.58. The number of rotatable bonds is 6. The molecule has 1 aliphatic heterocycles. The van der Waals surface area contributed by atoms with Crippen LogP contribution in [0.25, 0.3) is 0 Å². The van der Waals surface area contributed by atoms with E-state index in [1.807, 2.05) is 12.1 Å². The minimum Gasteiger partial charge on any atom is -0.306 e. The smallest absolute Gasteiger partial charge is 0.123 e. The van der Waals surface area contributed by atoms with E-state index in [1.165, 1.54) is 50.8 Å². The van der Waals surface area contributed by atoms with Gasteiger partial charge in [0.25, 0.3) is 0 Å². The number of likely N-dealkylation sites (tertiary alicyclic amines) is 1. The Morgan fingerprint density at radius 3 is 2.43 bits per heavy atom. The summed E-state index contributed by atoms with van der Waals surface area (Å²) in [5.74, 6) is 0.592. The van der Waals surface area contributed by atoms with Crippen molar-refractivity contribution in [1.29, 1.82) is 0 Å². The highest BCUT2D eigenvalue weighted by Gasteiger charge is 2.33. The van der Waals surface area contributed by atoms with Gasteiger partial charge in [-0.1, -0.05) is 18.6 Å². The Hall–Kier alpha value is -0.930. The van der Waals surface area contributed by atoms with Crippen molar-refractivity contribution in [2.45, 2.75) is 51.1 Å². The predicted molar refractivity (Wildman–Crippen MR) is 84.8 cm³/mol. The van der Waals surface area contributed by atoms with E-state index >= 15 is 0 Å². The van der Waals surface area contributed by atoms with Crippen LogP contribution < -0.4 is 5.32 Å². The molecule has 1 aliphatic carbocycles. The average Bonchev–Trinajstić information content (AvgIpc) is 3.31. The summed E-state index contributed by atoms with van der Waals surface area (Å²) in [6.07, 6.45) is 6.67. The molecule has 3 heteroatoms. The zero-order valence-electron chi connectivity index (χ0n) is 13.0. The molecule has 2 aliphatic rings. The van der Waals surface area contributed by atoms with Crippen LogP contribution in [0.15, 0.2) is 24.3 Å². The van der Waals surface area contributed by atoms with Crippen LogP contribution in [0.4, 0.5) is 4.39 Å². The van der Waals surface area contributed by atoms with Crippen molar-refractivity contribution in [2.24, 2.45) is 5.92 Å². The molecule has 1 aromatic carbocycles. The van der Waals surface area contributed by atoms with Gasteiger partial charge < -0.3 is 10.2 Å². The van der Waals surface area contributed by atoms with Crippen LogP contribution in [-0.2, 0) is 0 Å². The lowest BCUT2D eigenvalue weighted by atomic mass is 10.0. The van der Waals surface area contributed by atoms with Crippen molar-refractivity contribution >= 4 is 0 Å². The van der Waals surface area contributed by atoms with Crippen molar-refractivity contribution in [2.75, 3.05) is 19.6 Å². The summed E-state index contributed by atoms with van der Waals surface area (Å²) >= 11 is 0. The number of benzene rings is 1. The highest BCUT2D eigenvalue weighted by molar-refractivity contribution is 5.22. The molecule has 0 radical (unpaired) electrons. The minimum atomic E-state index is -0.144. The molecule has 1 saturated carbocycles. The Balaban J connectivity index is 1.58. The van der Waals surface area contributed by atoms with Gasteiger partial charge >= 0.3 is 0 Å². The molecular weight excluding hydrogens is 263 g/mol. The number of halogens is 1. The Bertz CT molecular complexity index is 435. The van der Waals surface area contributed by atoms with Crippen LogP contribution in [0.1, 0.15) is 50.6 Å². The molecule has 1 heterocycles. The summed E-state index contributed by atoms with van der Waals surface area (Å²) < 4.78 is 13.1. The molecule has 2 unspecified atom stereocenters. The van der Waals surface area contributed by atoms with Gasteiger partial charge in [0.2, 0.25) is 0 Å². The van der Waals surface area contributed by atoms with Gasteiger partial charge in [0.05, 0.1) is 0 Å². The molecule has 1 saturated heterocycles. The van der Waals surface area contributed by atoms with Crippen molar-refractivity contribution in [3.8, 4) is 0 Å². The summed E-state index contributed by atoms with van der Waals surface area (Å²) in [5, 5.41) is 3.80. The second kappa shape index (κ2) is 6.89. The van der Waals surface area contributed by atoms with E-state index in [0.29, 0.717) is 12.1 Å². The van der Waals surface area contributed by atoms with Gasteiger partial charge in [-0.15, -0.1) is 0 Å². The summed E-state index contributed by atoms with van der Waals surface area (Å²) in [5.41, 5.74) is 1.24. The van der Waals surface area contributed by atoms with Crippen LogP contribution in [0.2, 0.25) is 0 Å². The number of nitrogens with one attached hydrogen (secondary N) is 1. The topological polar surface area (TPSA) is 15.3 Å². The first-order chi connectivity index (χ1) is 10.2. The van der Waals surface area contributed by atoms with E-state index in [0.717, 1.165) is 12.5 Å². The average molecular weight is 290 g/mol. The highest BCUT2D eigenvalue weighted by atomic mass is 19.1. The van der Waals surface area contributed by atoms with Gasteiger partial charge in [0.1, 0.15) is 5.82 Å². The maximum Gasteiger partial charge on any atom is 0.123 e. The zero-order valence-corrected chi connectivity index (χ0v) is 13.0. The van der Waals surface area contributed by atoms with E-state index in [2.05, 4.69) is 17.1 Å². The standard InChI is InChI=1S/C18H27FN2/c1-14(13-21-11-3-2-4-12-21)20-18(15-5-6-15)16-7-9-17(19)10-8-16/h7-10,14-15,18,20H,2-6,11-13H2,1H3. The van der Waals surface area contributed by atoms with Crippen LogP contribution in [0.3, 0.4) is 0 Å². The predicted octanol–water partition coefficient (Wildman–Crippen LogP) is 3.74. The number of nitrogens with zero attached hydrogens (tertiary/aromatic N) is 1. The lowest BCUT2D eigenvalue weighted by Gasteiger charge is -2.31. The molecule has 3 rings (SSSR count). The fraction of sp³-hybridized carbons (Fsp3) is 0.667. The largest absolute Gasteiger partial charge is 0.306 e. The van der Waals surface area contributed by atoms with Crippen LogP contribution in [-0.4, -0.2) is 30.6 Å². The summed E-state index contributed by atoms with van der Waals surface area (Å²) in [6.45, 7) is 5.91. The van der Waals surface area contributed by atoms with Crippen LogP contribution in [0.5, 0.6) is 0 Å². The molecule has 0 bridgehead atoms. The molecule has 1 N–H and O–H groups in total. The summed E-state index contributed by atoms with van der Waals surface area (Å²) in [7, 11) is 0. The molecule has 2 fully saturated rings. The van der Waals surface area contributed by atoms with E-state index in [9.17, 15) is 4.39 Å². The zero-order chi connectivity index (χ0) is 14.7. The third-order valence-corrected chi connectivity index (χ3v) is 4.77. The van der Waals surface area contributed by atoms with Gasteiger partial charge in [-0.25, -0.2) is 4.39 Å². The Labute approximate surface area is 127 Å². The number of hydrogen-bond acceptors (Lipinski definition) is 2. The highest BCUT2D eigenvalue weighted by Crippen LogP contribution is 2.41. The van der Waals surface area contributed by atoms with Crippen molar-refractivity contribution < 1.29 is 4.39 Å². The van der Waals surface area contributed by atoms with Gasteiger partial charge in [-0.3, -0.25) is 0 Å². The molecular formula is C18H27FN2. The van der Waals surface area contributed by atoms with Crippen LogP contribution >= 0.6 is 0 Å². The maximum absolute atomic E-state index is 13.1. The lowest BCUT2D eigenvalue weighted by molar-refractivity contribution is 0.202. The number of piperidine rings is 1. The first-order valence-corrected chi connectivity index (χ1v) is 8.46. The van der Waals surface area contributed by atoms with E-state index in [1.54, 1.807) is 12.1 Å². The first kappa shape index (κ1) is 15.0. The van der Waals surface area contributed by atoms with Crippen LogP contribution in [0, 0.1) is 11.7 Å². The van der Waals surface area contributed by atoms with E-state index in [-0.39, 0.29) is 5.82 Å². The normalized spacial score (nSPS) is 23.0. The number of hydrogen-bond donors (Lipinski definition) is 1. The van der Waals surface area contributed by atoms with Gasteiger partial charge in [0.15, 0.2) is 0 Å². The summed E-state index contributed by atoms with van der Waals surface area (Å²) in [6, 6.07) is 7.94.